The van der Waals surface area contributed by atoms with Crippen molar-refractivity contribution in [3.8, 4) is 0 Å². The van der Waals surface area contributed by atoms with Crippen LogP contribution in [0.3, 0.4) is 0 Å². The van der Waals surface area contributed by atoms with Crippen LogP contribution in [-0.4, -0.2) is 67.3 Å². The van der Waals surface area contributed by atoms with E-state index in [1.807, 2.05) is 0 Å². The number of aromatic nitrogens is 1. The van der Waals surface area contributed by atoms with Crippen molar-refractivity contribution in [2.45, 2.75) is 36.1 Å². The standard InChI is InChI=1S/C16H17Cl2N5O5S2/c1-16(2)10(14(26)27)23-12(25)9(13(23)30-16)21-11(24)8(6-5-29-15(19)20-6)22-28-4-3-7(17)18/h3,5,9-10,13H,4H2,1-2H3,(H2,19,20)(H,21,24)(H,26,27)/b22-8-/t9-,10-,13+/m0/s1. The van der Waals surface area contributed by atoms with Crippen molar-refractivity contribution < 1.29 is 24.3 Å². The normalized spacial score (nSPS) is 24.7. The van der Waals surface area contributed by atoms with E-state index in [9.17, 15) is 19.5 Å². The zero-order valence-corrected chi connectivity index (χ0v) is 18.8. The Morgan fingerprint density at radius 2 is 2.20 bits per heavy atom. The number of β-lactam (4-membered cyclic amide) rings is 1. The van der Waals surface area contributed by atoms with E-state index in [-0.39, 0.29) is 27.6 Å². The Morgan fingerprint density at radius 3 is 2.77 bits per heavy atom. The molecule has 3 heterocycles. The smallest absolute Gasteiger partial charge is 0.327 e. The Bertz CT molecular complexity index is 946. The predicted molar refractivity (Wildman–Crippen MR) is 114 cm³/mol. The summed E-state index contributed by atoms with van der Waals surface area (Å²) in [6, 6.07) is -1.88. The number of amides is 2. The fourth-order valence-corrected chi connectivity index (χ4v) is 5.46. The van der Waals surface area contributed by atoms with E-state index in [1.165, 1.54) is 28.1 Å². The second kappa shape index (κ2) is 8.61. The first-order valence-electron chi connectivity index (χ1n) is 8.49. The number of fused-ring (bicyclic) bond motifs is 1. The van der Waals surface area contributed by atoms with Gasteiger partial charge < -0.3 is 25.9 Å². The highest BCUT2D eigenvalue weighted by atomic mass is 35.5. The summed E-state index contributed by atoms with van der Waals surface area (Å²) in [6.07, 6.45) is 1.33. The second-order valence-electron chi connectivity index (χ2n) is 6.85. The topological polar surface area (TPSA) is 147 Å². The molecule has 0 aliphatic carbocycles. The Labute approximate surface area is 189 Å². The molecular formula is C16H17Cl2N5O5S2. The van der Waals surface area contributed by atoms with E-state index >= 15 is 0 Å². The van der Waals surface area contributed by atoms with E-state index in [4.69, 9.17) is 33.8 Å². The lowest BCUT2D eigenvalue weighted by molar-refractivity contribution is -0.160. The van der Waals surface area contributed by atoms with Crippen LogP contribution in [0.5, 0.6) is 0 Å². The Morgan fingerprint density at radius 1 is 1.50 bits per heavy atom. The van der Waals surface area contributed by atoms with E-state index < -0.39 is 40.0 Å². The van der Waals surface area contributed by atoms with Gasteiger partial charge in [-0.25, -0.2) is 9.78 Å². The Hall–Kier alpha value is -2.02. The van der Waals surface area contributed by atoms with Crippen molar-refractivity contribution in [1.29, 1.82) is 0 Å². The van der Waals surface area contributed by atoms with Crippen molar-refractivity contribution in [2.24, 2.45) is 5.16 Å². The van der Waals surface area contributed by atoms with Crippen molar-refractivity contribution >= 4 is 74.9 Å². The van der Waals surface area contributed by atoms with Crippen LogP contribution in [0, 0.1) is 0 Å². The number of carbonyl (C=O) groups is 3. The summed E-state index contributed by atoms with van der Waals surface area (Å²) in [4.78, 5) is 47.3. The number of thioether (sulfide) groups is 1. The predicted octanol–water partition coefficient (Wildman–Crippen LogP) is 1.40. The molecule has 0 aromatic carbocycles. The highest BCUT2D eigenvalue weighted by molar-refractivity contribution is 8.01. The molecule has 10 nitrogen and oxygen atoms in total. The van der Waals surface area contributed by atoms with E-state index in [2.05, 4.69) is 15.5 Å². The molecule has 3 rings (SSSR count). The van der Waals surface area contributed by atoms with Gasteiger partial charge in [0.15, 0.2) is 10.8 Å². The molecule has 3 atom stereocenters. The van der Waals surface area contributed by atoms with Gasteiger partial charge in [0.2, 0.25) is 5.91 Å². The van der Waals surface area contributed by atoms with Gasteiger partial charge in [0, 0.05) is 10.1 Å². The monoisotopic (exact) mass is 493 g/mol. The van der Waals surface area contributed by atoms with Gasteiger partial charge in [-0.3, -0.25) is 9.59 Å². The number of carbonyl (C=O) groups excluding carboxylic acids is 2. The van der Waals surface area contributed by atoms with Crippen molar-refractivity contribution in [3.05, 3.63) is 21.6 Å². The first kappa shape index (κ1) is 22.7. The van der Waals surface area contributed by atoms with Crippen molar-refractivity contribution in [3.63, 3.8) is 0 Å². The average Bonchev–Trinajstić information content (AvgIpc) is 3.17. The van der Waals surface area contributed by atoms with E-state index in [1.54, 1.807) is 13.8 Å². The molecule has 2 saturated heterocycles. The zero-order valence-electron chi connectivity index (χ0n) is 15.7. The van der Waals surface area contributed by atoms with Gasteiger partial charge in [0.05, 0.1) is 0 Å². The number of hydrogen-bond acceptors (Lipinski definition) is 9. The SMILES string of the molecule is CC1(C)S[C@@H]2[C@@H](NC(=O)/C(=N\OCC=C(Cl)Cl)c3csc(N)n3)C(=O)N2[C@H]1C(=O)O. The number of aliphatic carboxylic acids is 1. The summed E-state index contributed by atoms with van der Waals surface area (Å²) in [5.74, 6) is -2.28. The summed E-state index contributed by atoms with van der Waals surface area (Å²) in [5, 5.41) is 17.1. The highest BCUT2D eigenvalue weighted by Crippen LogP contribution is 2.50. The van der Waals surface area contributed by atoms with E-state index in [0.29, 0.717) is 0 Å². The number of halogens is 2. The lowest BCUT2D eigenvalue weighted by atomic mass is 9.96. The number of nitrogens with zero attached hydrogens (tertiary/aromatic N) is 3. The molecule has 0 spiro atoms. The first-order valence-corrected chi connectivity index (χ1v) is 11.0. The van der Waals surface area contributed by atoms with Gasteiger partial charge in [-0.05, 0) is 19.9 Å². The summed E-state index contributed by atoms with van der Waals surface area (Å²) in [7, 11) is 0. The van der Waals surface area contributed by atoms with Crippen LogP contribution in [0.15, 0.2) is 21.1 Å². The molecule has 1 aromatic rings. The third kappa shape index (κ3) is 4.36. The number of thiazole rings is 1. The molecule has 0 unspecified atom stereocenters. The Balaban J connectivity index is 1.77. The van der Waals surface area contributed by atoms with Gasteiger partial charge in [0.1, 0.15) is 34.2 Å². The van der Waals surface area contributed by atoms with Crippen LogP contribution in [0.4, 0.5) is 5.13 Å². The number of anilines is 1. The van der Waals surface area contributed by atoms with Gasteiger partial charge in [-0.2, -0.15) is 0 Å². The molecule has 14 heteroatoms. The van der Waals surface area contributed by atoms with Crippen LogP contribution in [0.1, 0.15) is 19.5 Å². The summed E-state index contributed by atoms with van der Waals surface area (Å²) in [6.45, 7) is 3.40. The fourth-order valence-electron chi connectivity index (χ4n) is 3.16. The molecule has 0 saturated carbocycles. The highest BCUT2D eigenvalue weighted by Gasteiger charge is 2.64. The molecular weight excluding hydrogens is 477 g/mol. The maximum Gasteiger partial charge on any atom is 0.327 e. The minimum atomic E-state index is -1.09. The molecule has 2 fully saturated rings. The summed E-state index contributed by atoms with van der Waals surface area (Å²) >= 11 is 13.4. The van der Waals surface area contributed by atoms with Gasteiger partial charge in [-0.15, -0.1) is 23.1 Å². The molecule has 0 radical (unpaired) electrons. The maximum atomic E-state index is 12.8. The van der Waals surface area contributed by atoms with Gasteiger partial charge in [-0.1, -0.05) is 28.4 Å². The largest absolute Gasteiger partial charge is 0.480 e. The quantitative estimate of drug-likeness (QED) is 0.223. The van der Waals surface area contributed by atoms with Crippen LogP contribution in [0.25, 0.3) is 0 Å². The number of oxime groups is 1. The molecule has 2 amide bonds. The van der Waals surface area contributed by atoms with Crippen LogP contribution in [0.2, 0.25) is 0 Å². The van der Waals surface area contributed by atoms with Gasteiger partial charge >= 0.3 is 5.97 Å². The summed E-state index contributed by atoms with van der Waals surface area (Å²) in [5.41, 5.74) is 5.61. The van der Waals surface area contributed by atoms with Crippen LogP contribution in [-0.2, 0) is 19.2 Å². The lowest BCUT2D eigenvalue weighted by Gasteiger charge is -2.43. The number of nitrogens with one attached hydrogen (secondary N) is 1. The molecule has 30 heavy (non-hydrogen) atoms. The van der Waals surface area contributed by atoms with Gasteiger partial charge in [0.25, 0.3) is 5.91 Å². The fraction of sp³-hybridized carbons (Fsp3) is 0.438. The minimum absolute atomic E-state index is 0.0249. The van der Waals surface area contributed by atoms with Crippen LogP contribution < -0.4 is 11.1 Å². The molecule has 162 valence electrons. The van der Waals surface area contributed by atoms with Crippen molar-refractivity contribution in [1.82, 2.24) is 15.2 Å². The third-order valence-corrected chi connectivity index (χ3v) is 6.96. The zero-order chi connectivity index (χ0) is 22.2. The summed E-state index contributed by atoms with van der Waals surface area (Å²) < 4.78 is -0.731. The maximum absolute atomic E-state index is 12.8. The van der Waals surface area contributed by atoms with Crippen molar-refractivity contribution in [2.75, 3.05) is 12.3 Å². The molecule has 1 aromatic heterocycles. The number of nitrogens with two attached hydrogens (primary N) is 1. The number of rotatable bonds is 7. The number of hydrogen-bond donors (Lipinski definition) is 3. The molecule has 0 bridgehead atoms. The minimum Gasteiger partial charge on any atom is -0.480 e. The molecule has 2 aliphatic heterocycles. The number of carboxylic acids is 1. The lowest BCUT2D eigenvalue weighted by Crippen LogP contribution is -2.71. The Kier molecular flexibility index (Phi) is 6.51. The van der Waals surface area contributed by atoms with E-state index in [0.717, 1.165) is 11.3 Å². The molecule has 4 N–H and O–H groups in total. The first-order chi connectivity index (χ1) is 14.0. The second-order valence-corrected chi connectivity index (χ2v) is 10.5. The number of carboxylic acid groups (broad SMARTS) is 1. The molecule has 2 aliphatic rings. The number of nitrogen functional groups attached to an aromatic ring is 1. The average molecular weight is 494 g/mol. The third-order valence-electron chi connectivity index (χ3n) is 4.41. The van der Waals surface area contributed by atoms with Crippen LogP contribution >= 0.6 is 46.3 Å².